The van der Waals surface area contributed by atoms with Gasteiger partial charge >= 0.3 is 0 Å². The zero-order valence-electron chi connectivity index (χ0n) is 9.08. The summed E-state index contributed by atoms with van der Waals surface area (Å²) >= 11 is 3.10. The molecule has 0 unspecified atom stereocenters. The molecule has 100 valence electrons. The van der Waals surface area contributed by atoms with E-state index >= 15 is 0 Å². The monoisotopic (exact) mass is 321 g/mol. The van der Waals surface area contributed by atoms with Crippen molar-refractivity contribution < 1.29 is 24.9 Å². The molecule has 2 rings (SSSR count). The second-order valence-corrected chi connectivity index (χ2v) is 4.67. The van der Waals surface area contributed by atoms with Gasteiger partial charge in [-0.05, 0) is 15.9 Å². The average Bonchev–Trinajstić information content (AvgIpc) is 2.88. The van der Waals surface area contributed by atoms with Gasteiger partial charge in [0.2, 0.25) is 0 Å². The molecule has 1 fully saturated rings. The van der Waals surface area contributed by atoms with Crippen LogP contribution in [0.4, 0.5) is 0 Å². The van der Waals surface area contributed by atoms with Crippen LogP contribution < -0.4 is 5.32 Å². The lowest BCUT2D eigenvalue weighted by molar-refractivity contribution is -0.0305. The highest BCUT2D eigenvalue weighted by atomic mass is 79.9. The van der Waals surface area contributed by atoms with Gasteiger partial charge in [0.05, 0.1) is 12.8 Å². The van der Waals surface area contributed by atoms with E-state index in [2.05, 4.69) is 31.2 Å². The summed E-state index contributed by atoms with van der Waals surface area (Å²) in [4.78, 5) is 18.1. The Kier molecular flexibility index (Phi) is 3.97. The molecule has 0 aromatic carbocycles. The van der Waals surface area contributed by atoms with Gasteiger partial charge in [-0.3, -0.25) is 4.79 Å². The maximum absolute atomic E-state index is 11.7. The number of aromatic nitrogens is 2. The molecular weight excluding hydrogens is 310 g/mol. The van der Waals surface area contributed by atoms with E-state index < -0.39 is 37.1 Å². The molecule has 18 heavy (non-hydrogen) atoms. The third-order valence-electron chi connectivity index (χ3n) is 2.58. The topological polar surface area (TPSA) is 128 Å². The zero-order chi connectivity index (χ0) is 13.3. The fraction of sp³-hybridized carbons (Fsp3) is 0.556. The predicted molar refractivity (Wildman–Crippen MR) is 61.5 cm³/mol. The van der Waals surface area contributed by atoms with Gasteiger partial charge in [-0.25, -0.2) is 4.98 Å². The smallest absolute Gasteiger partial charge is 0.289 e. The van der Waals surface area contributed by atoms with Crippen molar-refractivity contribution >= 4 is 21.8 Å². The van der Waals surface area contributed by atoms with E-state index in [1.807, 2.05) is 0 Å². The largest absolute Gasteiger partial charge is 0.394 e. The van der Waals surface area contributed by atoms with Crippen molar-refractivity contribution in [1.82, 2.24) is 15.3 Å². The number of imidazole rings is 1. The van der Waals surface area contributed by atoms with Crippen LogP contribution in [0.25, 0.3) is 0 Å². The second kappa shape index (κ2) is 5.33. The SMILES string of the molecule is O=C(N[C@@H]1O[C@H](CO)[C@@H](O)[C@H]1O)c1ncc(Br)[nH]1. The van der Waals surface area contributed by atoms with Crippen LogP contribution in [0, 0.1) is 0 Å². The summed E-state index contributed by atoms with van der Waals surface area (Å²) in [6.45, 7) is -0.448. The quantitative estimate of drug-likeness (QED) is 0.453. The summed E-state index contributed by atoms with van der Waals surface area (Å²) in [7, 11) is 0. The van der Waals surface area contributed by atoms with Crippen LogP contribution in [-0.2, 0) is 4.74 Å². The Balaban J connectivity index is 2.00. The van der Waals surface area contributed by atoms with Crippen LogP contribution in [0.3, 0.4) is 0 Å². The number of carbonyl (C=O) groups is 1. The lowest BCUT2D eigenvalue weighted by Gasteiger charge is -2.15. The number of nitrogens with one attached hydrogen (secondary N) is 2. The van der Waals surface area contributed by atoms with Gasteiger partial charge in [0.15, 0.2) is 12.1 Å². The average molecular weight is 322 g/mol. The minimum atomic E-state index is -1.30. The van der Waals surface area contributed by atoms with Crippen LogP contribution in [0.5, 0.6) is 0 Å². The Morgan fingerprint density at radius 1 is 1.56 bits per heavy atom. The third-order valence-corrected chi connectivity index (χ3v) is 2.98. The highest BCUT2D eigenvalue weighted by Crippen LogP contribution is 2.19. The van der Waals surface area contributed by atoms with E-state index in [1.54, 1.807) is 0 Å². The molecule has 1 aromatic heterocycles. The van der Waals surface area contributed by atoms with Gasteiger partial charge in [0, 0.05) is 0 Å². The standard InChI is InChI=1S/C9H12BrN3O5/c10-4-1-11-7(12-4)8(17)13-9-6(16)5(15)3(2-14)18-9/h1,3,5-6,9,14-16H,2H2,(H,11,12)(H,13,17)/t3-,5-,6-,9-/m1/s1. The summed E-state index contributed by atoms with van der Waals surface area (Å²) in [6, 6.07) is 0. The molecule has 1 amide bonds. The van der Waals surface area contributed by atoms with Gasteiger partial charge in [-0.1, -0.05) is 0 Å². The first-order valence-corrected chi connectivity index (χ1v) is 5.96. The number of nitrogens with zero attached hydrogens (tertiary/aromatic N) is 1. The minimum Gasteiger partial charge on any atom is -0.394 e. The van der Waals surface area contributed by atoms with Gasteiger partial charge in [-0.2, -0.15) is 0 Å². The van der Waals surface area contributed by atoms with Crippen molar-refractivity contribution in [3.05, 3.63) is 16.6 Å². The molecule has 0 aliphatic carbocycles. The molecule has 0 spiro atoms. The van der Waals surface area contributed by atoms with E-state index in [0.29, 0.717) is 4.60 Å². The Morgan fingerprint density at radius 2 is 2.28 bits per heavy atom. The Labute approximate surface area is 110 Å². The minimum absolute atomic E-state index is 0.0413. The fourth-order valence-corrected chi connectivity index (χ4v) is 1.92. The molecule has 9 heteroatoms. The summed E-state index contributed by atoms with van der Waals surface area (Å²) in [5.74, 6) is -0.546. The molecule has 0 radical (unpaired) electrons. The predicted octanol–water partition coefficient (Wildman–Crippen LogP) is -1.66. The number of carbonyl (C=O) groups excluding carboxylic acids is 1. The highest BCUT2D eigenvalue weighted by molar-refractivity contribution is 9.10. The van der Waals surface area contributed by atoms with Crippen molar-refractivity contribution in [2.24, 2.45) is 0 Å². The number of amides is 1. The van der Waals surface area contributed by atoms with Crippen LogP contribution >= 0.6 is 15.9 Å². The van der Waals surface area contributed by atoms with Crippen LogP contribution in [-0.4, -0.2) is 62.3 Å². The first-order valence-electron chi connectivity index (χ1n) is 5.16. The third kappa shape index (κ3) is 2.54. The Hall–Kier alpha value is -1.00. The molecule has 8 nitrogen and oxygen atoms in total. The van der Waals surface area contributed by atoms with Crippen molar-refractivity contribution in [2.45, 2.75) is 24.5 Å². The molecular formula is C9H12BrN3O5. The number of halogens is 1. The lowest BCUT2D eigenvalue weighted by Crippen LogP contribution is -2.44. The van der Waals surface area contributed by atoms with Crippen LogP contribution in [0.15, 0.2) is 10.8 Å². The number of hydrogen-bond donors (Lipinski definition) is 5. The van der Waals surface area contributed by atoms with E-state index in [1.165, 1.54) is 6.20 Å². The molecule has 1 saturated heterocycles. The van der Waals surface area contributed by atoms with Gasteiger partial charge in [0.1, 0.15) is 22.9 Å². The van der Waals surface area contributed by atoms with Crippen molar-refractivity contribution in [1.29, 1.82) is 0 Å². The number of aliphatic hydroxyl groups excluding tert-OH is 3. The first-order chi connectivity index (χ1) is 8.52. The van der Waals surface area contributed by atoms with Crippen molar-refractivity contribution in [3.63, 3.8) is 0 Å². The van der Waals surface area contributed by atoms with Crippen molar-refractivity contribution in [2.75, 3.05) is 6.61 Å². The summed E-state index contributed by atoms with van der Waals surface area (Å²) in [5, 5.41) is 30.4. The molecule has 1 aliphatic rings. The molecule has 0 bridgehead atoms. The normalized spacial score (nSPS) is 31.6. The number of aromatic amines is 1. The van der Waals surface area contributed by atoms with Crippen molar-refractivity contribution in [3.8, 4) is 0 Å². The van der Waals surface area contributed by atoms with Crippen LogP contribution in [0.1, 0.15) is 10.6 Å². The van der Waals surface area contributed by atoms with E-state index in [0.717, 1.165) is 0 Å². The van der Waals surface area contributed by atoms with E-state index in [-0.39, 0.29) is 5.82 Å². The van der Waals surface area contributed by atoms with E-state index in [9.17, 15) is 15.0 Å². The number of hydrogen-bond acceptors (Lipinski definition) is 6. The van der Waals surface area contributed by atoms with Crippen LogP contribution in [0.2, 0.25) is 0 Å². The van der Waals surface area contributed by atoms with Gasteiger partial charge < -0.3 is 30.4 Å². The fourth-order valence-electron chi connectivity index (χ4n) is 1.63. The Morgan fingerprint density at radius 3 is 2.78 bits per heavy atom. The van der Waals surface area contributed by atoms with E-state index in [4.69, 9.17) is 9.84 Å². The summed E-state index contributed by atoms with van der Waals surface area (Å²) in [5.41, 5.74) is 0. The lowest BCUT2D eigenvalue weighted by atomic mass is 10.1. The number of rotatable bonds is 3. The molecule has 2 heterocycles. The number of H-pyrrole nitrogens is 1. The maximum atomic E-state index is 11.7. The molecule has 1 aliphatic heterocycles. The Bertz CT molecular complexity index is 440. The molecule has 5 N–H and O–H groups in total. The molecule has 4 atom stereocenters. The maximum Gasteiger partial charge on any atom is 0.289 e. The molecule has 1 aromatic rings. The molecule has 0 saturated carbocycles. The first kappa shape index (κ1) is 13.4. The van der Waals surface area contributed by atoms with Gasteiger partial charge in [0.25, 0.3) is 5.91 Å². The summed E-state index contributed by atoms with van der Waals surface area (Å²) in [6.07, 6.45) is -3.15. The zero-order valence-corrected chi connectivity index (χ0v) is 10.7. The number of ether oxygens (including phenoxy) is 1. The number of aliphatic hydroxyl groups is 3. The van der Waals surface area contributed by atoms with Gasteiger partial charge in [-0.15, -0.1) is 0 Å². The highest BCUT2D eigenvalue weighted by Gasteiger charge is 2.43. The summed E-state index contributed by atoms with van der Waals surface area (Å²) < 4.78 is 5.63. The second-order valence-electron chi connectivity index (χ2n) is 3.81.